The van der Waals surface area contributed by atoms with E-state index in [9.17, 15) is 32.4 Å². The van der Waals surface area contributed by atoms with Gasteiger partial charge in [0.15, 0.2) is 0 Å². The lowest BCUT2D eigenvalue weighted by atomic mass is 9.73. The number of primary amides is 1. The van der Waals surface area contributed by atoms with Crippen LogP contribution in [0.15, 0.2) is 21.7 Å². The number of amides is 5. The Kier molecular flexibility index (Phi) is 11.0. The van der Waals surface area contributed by atoms with Crippen LogP contribution in [-0.2, 0) is 29.2 Å². The lowest BCUT2D eigenvalue weighted by molar-refractivity contribution is -0.143. The highest BCUT2D eigenvalue weighted by molar-refractivity contribution is 7.91. The lowest BCUT2D eigenvalue weighted by Crippen LogP contribution is -2.62. The molecule has 13 nitrogen and oxygen atoms in total. The highest BCUT2D eigenvalue weighted by atomic mass is 32.2. The molecule has 3 aliphatic carbocycles. The number of likely N-dealkylation sites (N-methyl/N-ethyl adjacent to an activating group) is 1. The second kappa shape index (κ2) is 14.2. The van der Waals surface area contributed by atoms with Crippen molar-refractivity contribution in [3.05, 3.63) is 17.5 Å². The normalized spacial score (nSPS) is 25.2. The zero-order valence-corrected chi connectivity index (χ0v) is 34.5. The van der Waals surface area contributed by atoms with Crippen LogP contribution in [0.1, 0.15) is 107 Å². The summed E-state index contributed by atoms with van der Waals surface area (Å²) in [5.41, 5.74) is 3.62. The van der Waals surface area contributed by atoms with Crippen LogP contribution in [0.3, 0.4) is 0 Å². The molecular formula is C38H60N6O7S2. The minimum atomic E-state index is -3.78. The van der Waals surface area contributed by atoms with Crippen LogP contribution in [0.2, 0.25) is 0 Å². The number of Topliss-reactive ketones (excluding diaryl/α,β-unsaturated/α-hetero) is 1. The van der Waals surface area contributed by atoms with E-state index in [1.807, 2.05) is 41.5 Å². The number of likely N-dealkylation sites (tertiary alicyclic amines) is 1. The number of thiophene rings is 1. The maximum Gasteiger partial charge on any atom is 0.315 e. The summed E-state index contributed by atoms with van der Waals surface area (Å²) in [5, 5.41) is 10.4. The van der Waals surface area contributed by atoms with Crippen molar-refractivity contribution in [2.75, 3.05) is 20.1 Å². The SMILES string of the molecule is CN(C[C@@H](NC(=O)N[C@H](C(=O)N1C[C@]2(C[C@H]1C(=O)NC(CC1CCC1)C(=O)C(N)=O)C(C)(C)C21CCC1)C(C)(C)C)C(C)(C)C)S(=O)(=O)c1cccs1. The zero-order valence-electron chi connectivity index (χ0n) is 32.8. The van der Waals surface area contributed by atoms with E-state index in [4.69, 9.17) is 5.73 Å². The van der Waals surface area contributed by atoms with E-state index in [0.29, 0.717) is 19.4 Å². The maximum absolute atomic E-state index is 14.8. The second-order valence-corrected chi connectivity index (χ2v) is 21.9. The van der Waals surface area contributed by atoms with Gasteiger partial charge in [0.25, 0.3) is 15.9 Å². The van der Waals surface area contributed by atoms with Gasteiger partial charge in [-0.3, -0.25) is 19.2 Å². The molecule has 0 radical (unpaired) electrons. The van der Waals surface area contributed by atoms with E-state index in [-0.39, 0.29) is 32.9 Å². The Hall–Kier alpha value is -3.04. The molecule has 5 amide bonds. The maximum atomic E-state index is 14.8. The highest BCUT2D eigenvalue weighted by Gasteiger charge is 2.85. The van der Waals surface area contributed by atoms with Crippen molar-refractivity contribution in [2.45, 2.75) is 135 Å². The number of sulfonamides is 1. The molecule has 1 aromatic rings. The topological polar surface area (TPSA) is 188 Å². The van der Waals surface area contributed by atoms with E-state index in [2.05, 4.69) is 29.8 Å². The Morgan fingerprint density at radius 1 is 0.981 bits per heavy atom. The van der Waals surface area contributed by atoms with Crippen LogP contribution in [0.4, 0.5) is 4.79 Å². The van der Waals surface area contributed by atoms with Gasteiger partial charge in [-0.2, -0.15) is 4.31 Å². The van der Waals surface area contributed by atoms with Crippen molar-refractivity contribution < 1.29 is 32.4 Å². The summed E-state index contributed by atoms with van der Waals surface area (Å²) >= 11 is 1.12. The predicted octanol–water partition coefficient (Wildman–Crippen LogP) is 4.02. The standard InChI is InChI=1S/C38H60N6O7S2/c1-34(2,3)26(21-43(9)53(50,51)27-15-11-18-52-27)41-33(49)42-29(35(4,5)6)32(48)44-22-38(36(7,8)37(38)16-12-17-37)20-25(44)31(47)40-24(28(45)30(39)46)19-23-13-10-14-23/h11,15,18,23-26,29H,10,12-14,16-17,19-22H2,1-9H3,(H2,39,46)(H,40,47)(H2,41,42,49)/t24?,25-,26+,29+,38+/m0/s1. The van der Waals surface area contributed by atoms with Gasteiger partial charge < -0.3 is 26.6 Å². The van der Waals surface area contributed by atoms with Crippen molar-refractivity contribution >= 4 is 50.9 Å². The fourth-order valence-electron chi connectivity index (χ4n) is 9.40. The molecule has 0 aromatic carbocycles. The third-order valence-corrected chi connectivity index (χ3v) is 16.6. The number of hydrogen-bond acceptors (Lipinski definition) is 8. The van der Waals surface area contributed by atoms with Gasteiger partial charge >= 0.3 is 6.03 Å². The first-order valence-corrected chi connectivity index (χ1v) is 21.2. The number of nitrogens with zero attached hydrogens (tertiary/aromatic N) is 2. The van der Waals surface area contributed by atoms with Crippen molar-refractivity contribution in [1.29, 1.82) is 0 Å². The van der Waals surface area contributed by atoms with Gasteiger partial charge in [0.2, 0.25) is 17.6 Å². The summed E-state index contributed by atoms with van der Waals surface area (Å²) in [5.74, 6) is -2.65. The van der Waals surface area contributed by atoms with E-state index < -0.39 is 74.6 Å². The molecule has 296 valence electrons. The average molecular weight is 777 g/mol. The van der Waals surface area contributed by atoms with Crippen LogP contribution in [0, 0.1) is 33.0 Å². The van der Waals surface area contributed by atoms with Crippen molar-refractivity contribution in [3.8, 4) is 0 Å². The minimum Gasteiger partial charge on any atom is -0.363 e. The molecule has 1 aliphatic heterocycles. The summed E-state index contributed by atoms with van der Waals surface area (Å²) in [6, 6.07) is -1.10. The van der Waals surface area contributed by atoms with E-state index in [0.717, 1.165) is 49.9 Å². The molecule has 4 fully saturated rings. The number of hydrogen-bond donors (Lipinski definition) is 4. The Balaban J connectivity index is 1.39. The number of ketones is 1. The molecule has 53 heavy (non-hydrogen) atoms. The molecule has 0 bridgehead atoms. The fourth-order valence-corrected chi connectivity index (χ4v) is 11.8. The summed E-state index contributed by atoms with van der Waals surface area (Å²) in [4.78, 5) is 69.5. The van der Waals surface area contributed by atoms with Gasteiger partial charge in [-0.15, -0.1) is 11.3 Å². The Labute approximate surface area is 319 Å². The van der Waals surface area contributed by atoms with Gasteiger partial charge in [-0.1, -0.05) is 87.1 Å². The largest absolute Gasteiger partial charge is 0.363 e. The van der Waals surface area contributed by atoms with Gasteiger partial charge in [0.1, 0.15) is 16.3 Å². The van der Waals surface area contributed by atoms with Gasteiger partial charge in [-0.25, -0.2) is 13.2 Å². The van der Waals surface area contributed by atoms with E-state index in [1.54, 1.807) is 16.3 Å². The molecule has 2 heterocycles. The molecule has 15 heteroatoms. The first-order chi connectivity index (χ1) is 24.4. The van der Waals surface area contributed by atoms with E-state index in [1.165, 1.54) is 17.4 Å². The number of nitrogens with two attached hydrogens (primary N) is 1. The number of carbonyl (C=O) groups excluding carboxylic acids is 5. The number of rotatable bonds is 13. The molecule has 2 spiro atoms. The van der Waals surface area contributed by atoms with Gasteiger partial charge in [0, 0.05) is 31.6 Å². The third kappa shape index (κ3) is 7.38. The lowest BCUT2D eigenvalue weighted by Gasteiger charge is -2.38. The van der Waals surface area contributed by atoms with Crippen LogP contribution < -0.4 is 21.7 Å². The second-order valence-electron chi connectivity index (χ2n) is 18.7. The quantitative estimate of drug-likeness (QED) is 0.218. The third-order valence-electron chi connectivity index (χ3n) is 13.4. The zero-order chi connectivity index (χ0) is 39.5. The van der Waals surface area contributed by atoms with E-state index >= 15 is 0 Å². The van der Waals surface area contributed by atoms with Crippen molar-refractivity contribution in [3.63, 3.8) is 0 Å². The first kappa shape index (κ1) is 41.1. The molecule has 1 aromatic heterocycles. The predicted molar refractivity (Wildman–Crippen MR) is 203 cm³/mol. The monoisotopic (exact) mass is 776 g/mol. The molecule has 1 unspecified atom stereocenters. The molecule has 1 saturated heterocycles. The Morgan fingerprint density at radius 3 is 2.08 bits per heavy atom. The smallest absolute Gasteiger partial charge is 0.315 e. The highest BCUT2D eigenvalue weighted by Crippen LogP contribution is 2.88. The van der Waals surface area contributed by atoms with Crippen LogP contribution in [-0.4, -0.2) is 91.5 Å². The molecular weight excluding hydrogens is 717 g/mol. The minimum absolute atomic E-state index is 0.000622. The number of fused-ring (bicyclic) bond motifs is 1. The Bertz CT molecular complexity index is 1710. The first-order valence-electron chi connectivity index (χ1n) is 18.9. The number of nitrogens with one attached hydrogen (secondary N) is 3. The van der Waals surface area contributed by atoms with Crippen LogP contribution >= 0.6 is 11.3 Å². The fraction of sp³-hybridized carbons (Fsp3) is 0.763. The molecule has 5 N–H and O–H groups in total. The molecule has 3 saturated carbocycles. The number of carbonyl (C=O) groups is 5. The summed E-state index contributed by atoms with van der Waals surface area (Å²) in [6.07, 6.45) is 6.67. The summed E-state index contributed by atoms with van der Waals surface area (Å²) in [6.45, 7) is 16.0. The van der Waals surface area contributed by atoms with Crippen LogP contribution in [0.25, 0.3) is 0 Å². The molecule has 5 rings (SSSR count). The number of urea groups is 1. The van der Waals surface area contributed by atoms with Gasteiger partial charge in [-0.05, 0) is 64.7 Å². The Morgan fingerprint density at radius 2 is 1.62 bits per heavy atom. The summed E-state index contributed by atoms with van der Waals surface area (Å²) in [7, 11) is -2.31. The molecule has 4 aliphatic rings. The molecule has 5 atom stereocenters. The summed E-state index contributed by atoms with van der Waals surface area (Å²) < 4.78 is 27.9. The van der Waals surface area contributed by atoms with Crippen LogP contribution in [0.5, 0.6) is 0 Å². The average Bonchev–Trinajstić information content (AvgIpc) is 3.50. The van der Waals surface area contributed by atoms with Crippen molar-refractivity contribution in [1.82, 2.24) is 25.2 Å². The van der Waals surface area contributed by atoms with Crippen molar-refractivity contribution in [2.24, 2.45) is 38.7 Å². The van der Waals surface area contributed by atoms with Gasteiger partial charge in [0.05, 0.1) is 6.04 Å².